The summed E-state index contributed by atoms with van der Waals surface area (Å²) < 4.78 is 28.9. The lowest BCUT2D eigenvalue weighted by Crippen LogP contribution is -2.31. The molecule has 1 atom stereocenters. The Kier molecular flexibility index (Phi) is 6.84. The molecule has 1 unspecified atom stereocenters. The van der Waals surface area contributed by atoms with Crippen LogP contribution in [0.25, 0.3) is 22.6 Å². The van der Waals surface area contributed by atoms with Gasteiger partial charge in [-0.2, -0.15) is 0 Å². The molecule has 0 aromatic carbocycles. The van der Waals surface area contributed by atoms with Gasteiger partial charge in [-0.25, -0.2) is 33.7 Å². The Morgan fingerprint density at radius 3 is 2.54 bits per heavy atom. The van der Waals surface area contributed by atoms with Gasteiger partial charge in [-0.3, -0.25) is 14.3 Å². The Morgan fingerprint density at radius 2 is 1.89 bits per heavy atom. The lowest BCUT2D eigenvalue weighted by atomic mass is 10.1. The van der Waals surface area contributed by atoms with Crippen LogP contribution in [-0.2, 0) is 6.54 Å². The highest BCUT2D eigenvalue weighted by Crippen LogP contribution is 2.43. The van der Waals surface area contributed by atoms with Gasteiger partial charge in [0.25, 0.3) is 12.0 Å². The summed E-state index contributed by atoms with van der Waals surface area (Å²) in [6.45, 7) is 5.06. The minimum absolute atomic E-state index is 0.0540. The van der Waals surface area contributed by atoms with Gasteiger partial charge in [0.15, 0.2) is 17.3 Å². The van der Waals surface area contributed by atoms with Crippen molar-refractivity contribution in [3.63, 3.8) is 0 Å². The maximum absolute atomic E-state index is 14.0. The maximum Gasteiger partial charge on any atom is 0.295 e. The zero-order valence-electron chi connectivity index (χ0n) is 20.9. The van der Waals surface area contributed by atoms with E-state index in [0.717, 1.165) is 28.0 Å². The van der Waals surface area contributed by atoms with Crippen molar-refractivity contribution in [3.05, 3.63) is 57.8 Å². The Hall–Kier alpha value is -3.54. The van der Waals surface area contributed by atoms with Crippen LogP contribution in [-0.4, -0.2) is 47.2 Å². The van der Waals surface area contributed by atoms with Crippen LogP contribution in [0.15, 0.2) is 34.3 Å². The van der Waals surface area contributed by atoms with Crippen molar-refractivity contribution in [2.75, 3.05) is 11.6 Å². The molecule has 5 rings (SSSR count). The molecule has 1 aliphatic carbocycles. The number of nitrogens with one attached hydrogen (secondary N) is 1. The van der Waals surface area contributed by atoms with Gasteiger partial charge in [-0.1, -0.05) is 0 Å². The number of pyridine rings is 1. The number of thioether (sulfide) groups is 1. The molecular weight excluding hydrogens is 498 g/mol. The lowest BCUT2D eigenvalue weighted by Gasteiger charge is -2.19. The van der Waals surface area contributed by atoms with Gasteiger partial charge in [0.2, 0.25) is 0 Å². The second kappa shape index (κ2) is 10.1. The van der Waals surface area contributed by atoms with Crippen LogP contribution in [0.4, 0.5) is 14.6 Å². The quantitative estimate of drug-likeness (QED) is 0.328. The lowest BCUT2D eigenvalue weighted by molar-refractivity contribution is 0.0916. The highest BCUT2D eigenvalue weighted by molar-refractivity contribution is 7.98. The molecule has 37 heavy (non-hydrogen) atoms. The normalized spacial score (nSPS) is 14.4. The molecule has 0 spiro atoms. The monoisotopic (exact) mass is 524 g/mol. The first-order chi connectivity index (χ1) is 17.8. The molecule has 1 fully saturated rings. The predicted octanol–water partition coefficient (Wildman–Crippen LogP) is 4.69. The molecule has 1 N–H and O–H groups in total. The first kappa shape index (κ1) is 25.1. The highest BCUT2D eigenvalue weighted by Gasteiger charge is 2.31. The van der Waals surface area contributed by atoms with Gasteiger partial charge in [0, 0.05) is 17.0 Å². The Morgan fingerprint density at radius 1 is 1.11 bits per heavy atom. The van der Waals surface area contributed by atoms with E-state index >= 15 is 0 Å². The summed E-state index contributed by atoms with van der Waals surface area (Å²) in [7, 11) is 0. The molecule has 0 radical (unpaired) electrons. The van der Waals surface area contributed by atoms with Gasteiger partial charge in [-0.15, -0.1) is 11.8 Å². The zero-order chi connectivity index (χ0) is 26.3. The topological polar surface area (TPSA) is 111 Å². The van der Waals surface area contributed by atoms with Gasteiger partial charge < -0.3 is 5.32 Å². The number of aryl methyl sites for hydroxylation is 2. The summed E-state index contributed by atoms with van der Waals surface area (Å²) in [6, 6.07) is 2.32. The minimum Gasteiger partial charge on any atom is -0.360 e. The molecule has 9 nitrogen and oxygen atoms in total. The molecule has 0 aliphatic heterocycles. The molecule has 4 aromatic heterocycles. The van der Waals surface area contributed by atoms with Crippen molar-refractivity contribution in [2.24, 2.45) is 0 Å². The van der Waals surface area contributed by atoms with Crippen molar-refractivity contribution in [1.82, 2.24) is 34.5 Å². The molecule has 4 heterocycles. The average molecular weight is 525 g/mol. The van der Waals surface area contributed by atoms with Crippen LogP contribution in [0.1, 0.15) is 54.5 Å². The number of nitrogens with zero attached hydrogens (tertiary/aromatic N) is 7. The fraction of sp³-hybridized carbons (Fsp3) is 0.400. The molecule has 192 valence electrons. The number of aromatic nitrogens is 7. The first-order valence-corrected chi connectivity index (χ1v) is 13.1. The van der Waals surface area contributed by atoms with Crippen LogP contribution in [0.2, 0.25) is 0 Å². The van der Waals surface area contributed by atoms with Gasteiger partial charge in [-0.05, 0) is 52.0 Å². The summed E-state index contributed by atoms with van der Waals surface area (Å²) in [4.78, 5) is 41.3. The van der Waals surface area contributed by atoms with Crippen molar-refractivity contribution in [3.8, 4) is 11.4 Å². The molecular formula is C25H26F2N8OS. The minimum atomic E-state index is -2.79. The standard InChI is InChI=1S/C25H26F2N8OS/c1-12-18(20(15-5-6-15)31-11-30-12)22-32-13(2)19-24(34-22)35(14(3)21(26)27)25(36)23(33-19)29-9-16-7-8-17(37-4)10-28-16/h7-8,10-11,14-15,21H,5-6,9H2,1-4H3,(H,29,33). The molecule has 0 amide bonds. The van der Waals surface area contributed by atoms with E-state index in [-0.39, 0.29) is 23.5 Å². The summed E-state index contributed by atoms with van der Waals surface area (Å²) in [5.74, 6) is 0.537. The largest absolute Gasteiger partial charge is 0.360 e. The number of anilines is 1. The summed E-state index contributed by atoms with van der Waals surface area (Å²) in [5.41, 5.74) is 3.00. The van der Waals surface area contributed by atoms with Crippen LogP contribution < -0.4 is 10.9 Å². The summed E-state index contributed by atoms with van der Waals surface area (Å²) in [5, 5.41) is 2.97. The van der Waals surface area contributed by atoms with E-state index in [9.17, 15) is 13.6 Å². The van der Waals surface area contributed by atoms with E-state index in [1.54, 1.807) is 24.9 Å². The molecule has 12 heteroatoms. The van der Waals surface area contributed by atoms with Gasteiger partial charge in [0.05, 0.1) is 40.9 Å². The van der Waals surface area contributed by atoms with E-state index in [1.165, 1.54) is 13.3 Å². The third-order valence-corrected chi connectivity index (χ3v) is 7.12. The molecule has 4 aromatic rings. The number of fused-ring (bicyclic) bond motifs is 1. The van der Waals surface area contributed by atoms with Crippen molar-refractivity contribution in [2.45, 2.75) is 63.4 Å². The molecule has 1 aliphatic rings. The highest BCUT2D eigenvalue weighted by atomic mass is 32.2. The van der Waals surface area contributed by atoms with E-state index in [1.807, 2.05) is 25.3 Å². The fourth-order valence-corrected chi connectivity index (χ4v) is 4.55. The van der Waals surface area contributed by atoms with Crippen molar-refractivity contribution >= 4 is 28.7 Å². The van der Waals surface area contributed by atoms with E-state index < -0.39 is 18.0 Å². The van der Waals surface area contributed by atoms with Crippen molar-refractivity contribution < 1.29 is 8.78 Å². The second-order valence-corrected chi connectivity index (χ2v) is 9.93. The van der Waals surface area contributed by atoms with Gasteiger partial charge in [0.1, 0.15) is 11.8 Å². The predicted molar refractivity (Wildman–Crippen MR) is 138 cm³/mol. The fourth-order valence-electron chi connectivity index (χ4n) is 4.18. The van der Waals surface area contributed by atoms with E-state index in [2.05, 4.69) is 35.2 Å². The molecule has 1 saturated carbocycles. The van der Waals surface area contributed by atoms with Crippen molar-refractivity contribution in [1.29, 1.82) is 0 Å². The first-order valence-electron chi connectivity index (χ1n) is 11.9. The third kappa shape index (κ3) is 4.89. The number of rotatable bonds is 8. The van der Waals surface area contributed by atoms with Crippen LogP contribution in [0.5, 0.6) is 0 Å². The number of hydrogen-bond donors (Lipinski definition) is 1. The summed E-state index contributed by atoms with van der Waals surface area (Å²) in [6.07, 6.45) is 4.42. The molecule has 0 bridgehead atoms. The molecule has 0 saturated heterocycles. The Labute approximate surface area is 216 Å². The Bertz CT molecular complexity index is 1520. The van der Waals surface area contributed by atoms with E-state index in [0.29, 0.717) is 34.4 Å². The van der Waals surface area contributed by atoms with Crippen LogP contribution >= 0.6 is 11.8 Å². The van der Waals surface area contributed by atoms with E-state index in [4.69, 9.17) is 0 Å². The third-order valence-electron chi connectivity index (χ3n) is 6.41. The smallest absolute Gasteiger partial charge is 0.295 e. The Balaban J connectivity index is 1.64. The van der Waals surface area contributed by atoms with Gasteiger partial charge >= 0.3 is 0 Å². The number of hydrogen-bond acceptors (Lipinski definition) is 9. The van der Waals surface area contributed by atoms with Crippen LogP contribution in [0.3, 0.4) is 0 Å². The SMILES string of the molecule is CSc1ccc(CNc2nc3c(C)nc(-c4c(C)ncnc4C4CC4)nc3n(C(C)C(F)F)c2=O)nc1. The maximum atomic E-state index is 14.0. The summed E-state index contributed by atoms with van der Waals surface area (Å²) >= 11 is 1.57. The number of halogens is 2. The zero-order valence-corrected chi connectivity index (χ0v) is 21.7. The second-order valence-electron chi connectivity index (χ2n) is 9.05. The average Bonchev–Trinajstić information content (AvgIpc) is 3.73. The number of alkyl halides is 2. The van der Waals surface area contributed by atoms with Crippen LogP contribution in [0, 0.1) is 13.8 Å².